The molecule has 1 aromatic rings. The third-order valence-corrected chi connectivity index (χ3v) is 5.13. The number of carbonyl (C=O) groups is 2. The zero-order valence-corrected chi connectivity index (χ0v) is 14.6. The Morgan fingerprint density at radius 3 is 2.56 bits per heavy atom. The van der Waals surface area contributed by atoms with Gasteiger partial charge < -0.3 is 25.6 Å². The quantitative estimate of drug-likeness (QED) is 0.857. The standard InChI is InChI=1S/C18H26N4O3/c1-25-16-5-3-2-4-15(16)22-11-8-14(12-22)20-18(24)21-9-6-13(7-10-21)17(19)23/h2-5,13-14H,6-12H2,1H3,(H2,19,23)(H,20,24)/t14-/m1/s1. The second kappa shape index (κ2) is 7.63. The Labute approximate surface area is 148 Å². The van der Waals surface area contributed by atoms with Gasteiger partial charge in [0.1, 0.15) is 5.75 Å². The van der Waals surface area contributed by atoms with E-state index in [9.17, 15) is 9.59 Å². The normalized spacial score (nSPS) is 21.2. The maximum atomic E-state index is 12.5. The minimum absolute atomic E-state index is 0.0465. The number of para-hydroxylation sites is 2. The molecule has 3 amide bonds. The molecule has 2 saturated heterocycles. The molecule has 0 spiro atoms. The van der Waals surface area contributed by atoms with Gasteiger partial charge >= 0.3 is 6.03 Å². The first-order chi connectivity index (χ1) is 12.1. The Bertz CT molecular complexity index is 629. The lowest BCUT2D eigenvalue weighted by atomic mass is 9.96. The van der Waals surface area contributed by atoms with Gasteiger partial charge in [0.25, 0.3) is 0 Å². The molecule has 7 nitrogen and oxygen atoms in total. The highest BCUT2D eigenvalue weighted by Gasteiger charge is 2.30. The zero-order valence-electron chi connectivity index (χ0n) is 14.6. The summed E-state index contributed by atoms with van der Waals surface area (Å²) >= 11 is 0. The van der Waals surface area contributed by atoms with Gasteiger partial charge in [-0.05, 0) is 31.4 Å². The lowest BCUT2D eigenvalue weighted by molar-refractivity contribution is -0.123. The summed E-state index contributed by atoms with van der Waals surface area (Å²) in [6.07, 6.45) is 2.21. The number of urea groups is 1. The van der Waals surface area contributed by atoms with Gasteiger partial charge in [0, 0.05) is 38.1 Å². The molecule has 2 heterocycles. The summed E-state index contributed by atoms with van der Waals surface area (Å²) in [7, 11) is 1.67. The number of benzene rings is 1. The lowest BCUT2D eigenvalue weighted by Crippen LogP contribution is -2.49. The van der Waals surface area contributed by atoms with Gasteiger partial charge in [-0.15, -0.1) is 0 Å². The maximum absolute atomic E-state index is 12.5. The fourth-order valence-corrected chi connectivity index (χ4v) is 3.62. The number of carbonyl (C=O) groups excluding carboxylic acids is 2. The van der Waals surface area contributed by atoms with Crippen LogP contribution in [0.3, 0.4) is 0 Å². The summed E-state index contributed by atoms with van der Waals surface area (Å²) in [5.74, 6) is 0.489. The molecule has 0 bridgehead atoms. The summed E-state index contributed by atoms with van der Waals surface area (Å²) in [4.78, 5) is 27.7. The van der Waals surface area contributed by atoms with Gasteiger partial charge in [-0.25, -0.2) is 4.79 Å². The molecule has 1 atom stereocenters. The van der Waals surface area contributed by atoms with Crippen molar-refractivity contribution in [3.63, 3.8) is 0 Å². The summed E-state index contributed by atoms with van der Waals surface area (Å²) in [5, 5.41) is 3.12. The van der Waals surface area contributed by atoms with Gasteiger partial charge in [-0.2, -0.15) is 0 Å². The highest BCUT2D eigenvalue weighted by molar-refractivity contribution is 5.78. The van der Waals surface area contributed by atoms with Crippen LogP contribution < -0.4 is 20.7 Å². The van der Waals surface area contributed by atoms with E-state index in [1.807, 2.05) is 24.3 Å². The number of piperidine rings is 1. The highest BCUT2D eigenvalue weighted by atomic mass is 16.5. The van der Waals surface area contributed by atoms with E-state index in [4.69, 9.17) is 10.5 Å². The molecular formula is C18H26N4O3. The minimum Gasteiger partial charge on any atom is -0.495 e. The van der Waals surface area contributed by atoms with Crippen LogP contribution in [0.25, 0.3) is 0 Å². The first-order valence-corrected chi connectivity index (χ1v) is 8.81. The van der Waals surface area contributed by atoms with Crippen LogP contribution in [-0.2, 0) is 4.79 Å². The number of hydrogen-bond acceptors (Lipinski definition) is 4. The molecule has 3 rings (SSSR count). The number of nitrogens with two attached hydrogens (primary N) is 1. The zero-order chi connectivity index (χ0) is 17.8. The highest BCUT2D eigenvalue weighted by Crippen LogP contribution is 2.30. The summed E-state index contributed by atoms with van der Waals surface area (Å²) in [6, 6.07) is 8.00. The van der Waals surface area contributed by atoms with Crippen LogP contribution in [0.15, 0.2) is 24.3 Å². The van der Waals surface area contributed by atoms with Crippen LogP contribution in [0.4, 0.5) is 10.5 Å². The largest absolute Gasteiger partial charge is 0.495 e. The Kier molecular flexibility index (Phi) is 5.31. The number of amides is 3. The predicted molar refractivity (Wildman–Crippen MR) is 95.6 cm³/mol. The van der Waals surface area contributed by atoms with Gasteiger partial charge in [-0.3, -0.25) is 4.79 Å². The molecule has 2 aliphatic rings. The Morgan fingerprint density at radius 2 is 1.88 bits per heavy atom. The molecule has 2 aliphatic heterocycles. The van der Waals surface area contributed by atoms with Crippen LogP contribution in [0.2, 0.25) is 0 Å². The maximum Gasteiger partial charge on any atom is 0.317 e. The van der Waals surface area contributed by atoms with E-state index in [1.165, 1.54) is 0 Å². The molecule has 0 unspecified atom stereocenters. The number of hydrogen-bond donors (Lipinski definition) is 2. The number of primary amides is 1. The van der Waals surface area contributed by atoms with E-state index >= 15 is 0 Å². The minimum atomic E-state index is -0.261. The molecular weight excluding hydrogens is 320 g/mol. The lowest BCUT2D eigenvalue weighted by Gasteiger charge is -2.31. The predicted octanol–water partition coefficient (Wildman–Crippen LogP) is 1.18. The molecule has 7 heteroatoms. The van der Waals surface area contributed by atoms with Gasteiger partial charge in [0.15, 0.2) is 0 Å². The van der Waals surface area contributed by atoms with Crippen LogP contribution in [0.5, 0.6) is 5.75 Å². The number of nitrogens with zero attached hydrogens (tertiary/aromatic N) is 2. The van der Waals surface area contributed by atoms with Gasteiger partial charge in [0.2, 0.25) is 5.91 Å². The number of rotatable bonds is 4. The number of anilines is 1. The van der Waals surface area contributed by atoms with Crippen molar-refractivity contribution in [3.8, 4) is 5.75 Å². The van der Waals surface area contributed by atoms with Crippen LogP contribution >= 0.6 is 0 Å². The van der Waals surface area contributed by atoms with Crippen molar-refractivity contribution in [2.45, 2.75) is 25.3 Å². The average Bonchev–Trinajstić information content (AvgIpc) is 3.10. The third kappa shape index (κ3) is 3.97. The van der Waals surface area contributed by atoms with E-state index in [2.05, 4.69) is 10.2 Å². The molecule has 0 saturated carbocycles. The van der Waals surface area contributed by atoms with E-state index in [0.29, 0.717) is 25.9 Å². The first-order valence-electron chi connectivity index (χ1n) is 8.81. The molecule has 25 heavy (non-hydrogen) atoms. The van der Waals surface area contributed by atoms with Crippen molar-refractivity contribution in [1.29, 1.82) is 0 Å². The molecule has 0 radical (unpaired) electrons. The summed E-state index contributed by atoms with van der Waals surface area (Å²) < 4.78 is 5.42. The van der Waals surface area contributed by atoms with Crippen molar-refractivity contribution >= 4 is 17.6 Å². The average molecular weight is 346 g/mol. The number of methoxy groups -OCH3 is 1. The summed E-state index contributed by atoms with van der Waals surface area (Å²) in [6.45, 7) is 2.82. The SMILES string of the molecule is COc1ccccc1N1CC[C@@H](NC(=O)N2CCC(C(N)=O)CC2)C1. The van der Waals surface area contributed by atoms with E-state index in [0.717, 1.165) is 30.9 Å². The van der Waals surface area contributed by atoms with E-state index in [1.54, 1.807) is 12.0 Å². The topological polar surface area (TPSA) is 87.9 Å². The van der Waals surface area contributed by atoms with E-state index in [-0.39, 0.29) is 23.9 Å². The smallest absolute Gasteiger partial charge is 0.317 e. The number of likely N-dealkylation sites (tertiary alicyclic amines) is 1. The van der Waals surface area contributed by atoms with Gasteiger partial charge in [0.05, 0.1) is 12.8 Å². The molecule has 1 aromatic carbocycles. The Hall–Kier alpha value is -2.44. The molecule has 136 valence electrons. The molecule has 0 aliphatic carbocycles. The van der Waals surface area contributed by atoms with Crippen molar-refractivity contribution in [2.24, 2.45) is 11.7 Å². The molecule has 2 fully saturated rings. The molecule has 3 N–H and O–H groups in total. The van der Waals surface area contributed by atoms with Crippen molar-refractivity contribution < 1.29 is 14.3 Å². The van der Waals surface area contributed by atoms with Crippen molar-refractivity contribution in [1.82, 2.24) is 10.2 Å². The second-order valence-corrected chi connectivity index (χ2v) is 6.72. The van der Waals surface area contributed by atoms with Gasteiger partial charge in [-0.1, -0.05) is 12.1 Å². The fourth-order valence-electron chi connectivity index (χ4n) is 3.62. The monoisotopic (exact) mass is 346 g/mol. The second-order valence-electron chi connectivity index (χ2n) is 6.72. The van der Waals surface area contributed by atoms with Crippen LogP contribution in [-0.4, -0.2) is 56.2 Å². The van der Waals surface area contributed by atoms with Crippen molar-refractivity contribution in [2.75, 3.05) is 38.2 Å². The Balaban J connectivity index is 1.51. The number of nitrogens with one attached hydrogen (secondary N) is 1. The fraction of sp³-hybridized carbons (Fsp3) is 0.556. The van der Waals surface area contributed by atoms with E-state index < -0.39 is 0 Å². The molecule has 0 aromatic heterocycles. The van der Waals surface area contributed by atoms with Crippen molar-refractivity contribution in [3.05, 3.63) is 24.3 Å². The van der Waals surface area contributed by atoms with Crippen LogP contribution in [0, 0.1) is 5.92 Å². The first kappa shape index (κ1) is 17.4. The third-order valence-electron chi connectivity index (χ3n) is 5.13. The Morgan fingerprint density at radius 1 is 1.16 bits per heavy atom. The summed E-state index contributed by atoms with van der Waals surface area (Å²) in [5.41, 5.74) is 6.40. The number of ether oxygens (including phenoxy) is 1. The van der Waals surface area contributed by atoms with Crippen LogP contribution in [0.1, 0.15) is 19.3 Å².